The van der Waals surface area contributed by atoms with Gasteiger partial charge in [-0.1, -0.05) is 11.8 Å². The molecule has 0 aliphatic rings. The lowest BCUT2D eigenvalue weighted by atomic mass is 10.4. The quantitative estimate of drug-likeness (QED) is 0.877. The Morgan fingerprint density at radius 3 is 2.90 bits per heavy atom. The van der Waals surface area contributed by atoms with E-state index in [1.807, 2.05) is 26.0 Å². The number of thiazole rings is 1. The molecular weight excluding hydrogens is 286 g/mol. The van der Waals surface area contributed by atoms with E-state index in [9.17, 15) is 4.79 Å². The highest BCUT2D eigenvalue weighted by Crippen LogP contribution is 2.08. The van der Waals surface area contributed by atoms with E-state index in [-0.39, 0.29) is 19.1 Å². The normalized spacial score (nSPS) is 9.62. The summed E-state index contributed by atoms with van der Waals surface area (Å²) in [6.45, 7) is 4.30. The van der Waals surface area contributed by atoms with Gasteiger partial charge in [0.25, 0.3) is 5.91 Å². The topological polar surface area (TPSA) is 64.1 Å². The molecule has 0 spiro atoms. The van der Waals surface area contributed by atoms with E-state index < -0.39 is 0 Å². The summed E-state index contributed by atoms with van der Waals surface area (Å²) in [5.74, 6) is 6.12. The summed E-state index contributed by atoms with van der Waals surface area (Å²) < 4.78 is 5.40. The average Bonchev–Trinajstić information content (AvgIpc) is 2.91. The monoisotopic (exact) mass is 301 g/mol. The molecule has 0 radical (unpaired) electrons. The van der Waals surface area contributed by atoms with Gasteiger partial charge in [0.15, 0.2) is 0 Å². The van der Waals surface area contributed by atoms with E-state index in [0.717, 1.165) is 10.7 Å². The number of aryl methyl sites for hydroxylation is 2. The van der Waals surface area contributed by atoms with Gasteiger partial charge in [0, 0.05) is 11.1 Å². The van der Waals surface area contributed by atoms with Gasteiger partial charge in [-0.15, -0.1) is 11.3 Å². The third kappa shape index (κ3) is 4.89. The highest BCUT2D eigenvalue weighted by molar-refractivity contribution is 7.09. The SMILES string of the molecule is Cc1ccc(OCC#CCNC(=O)c2csc(C)n2)cn1. The fourth-order valence-electron chi connectivity index (χ4n) is 1.46. The van der Waals surface area contributed by atoms with Crippen LogP contribution in [0, 0.1) is 25.7 Å². The van der Waals surface area contributed by atoms with Crippen LogP contribution in [-0.4, -0.2) is 29.0 Å². The summed E-state index contributed by atoms with van der Waals surface area (Å²) in [6, 6.07) is 3.72. The maximum Gasteiger partial charge on any atom is 0.271 e. The molecule has 6 heteroatoms. The van der Waals surface area contributed by atoms with E-state index in [1.54, 1.807) is 11.6 Å². The predicted molar refractivity (Wildman–Crippen MR) is 81.4 cm³/mol. The van der Waals surface area contributed by atoms with Gasteiger partial charge in [-0.25, -0.2) is 4.98 Å². The summed E-state index contributed by atoms with van der Waals surface area (Å²) in [5, 5.41) is 5.28. The molecule has 0 saturated carbocycles. The lowest BCUT2D eigenvalue weighted by molar-refractivity contribution is 0.0954. The van der Waals surface area contributed by atoms with Crippen LogP contribution in [0.25, 0.3) is 0 Å². The van der Waals surface area contributed by atoms with Crippen molar-refractivity contribution in [3.63, 3.8) is 0 Å². The van der Waals surface area contributed by atoms with Crippen molar-refractivity contribution in [3.8, 4) is 17.6 Å². The first-order valence-electron chi connectivity index (χ1n) is 6.36. The molecule has 108 valence electrons. The van der Waals surface area contributed by atoms with Crippen molar-refractivity contribution in [2.75, 3.05) is 13.2 Å². The van der Waals surface area contributed by atoms with Gasteiger partial charge in [0.2, 0.25) is 0 Å². The number of pyridine rings is 1. The Morgan fingerprint density at radius 1 is 1.38 bits per heavy atom. The largest absolute Gasteiger partial charge is 0.479 e. The molecule has 2 aromatic rings. The van der Waals surface area contributed by atoms with Gasteiger partial charge in [0.05, 0.1) is 17.7 Å². The number of hydrogen-bond acceptors (Lipinski definition) is 5. The molecule has 5 nitrogen and oxygen atoms in total. The Labute approximate surface area is 127 Å². The van der Waals surface area contributed by atoms with Crippen LogP contribution in [0.2, 0.25) is 0 Å². The van der Waals surface area contributed by atoms with E-state index in [1.165, 1.54) is 11.3 Å². The van der Waals surface area contributed by atoms with Crippen molar-refractivity contribution < 1.29 is 9.53 Å². The lowest BCUT2D eigenvalue weighted by Crippen LogP contribution is -2.23. The zero-order valence-corrected chi connectivity index (χ0v) is 12.7. The first kappa shape index (κ1) is 15.0. The maximum absolute atomic E-state index is 11.7. The smallest absolute Gasteiger partial charge is 0.271 e. The fourth-order valence-corrected chi connectivity index (χ4v) is 2.05. The number of rotatable bonds is 4. The Balaban J connectivity index is 1.69. The molecule has 1 N–H and O–H groups in total. The molecule has 0 fully saturated rings. The van der Waals surface area contributed by atoms with Gasteiger partial charge in [0.1, 0.15) is 18.1 Å². The van der Waals surface area contributed by atoms with Crippen LogP contribution in [0.4, 0.5) is 0 Å². The van der Waals surface area contributed by atoms with Crippen molar-refractivity contribution >= 4 is 17.2 Å². The zero-order valence-electron chi connectivity index (χ0n) is 11.8. The number of carbonyl (C=O) groups is 1. The van der Waals surface area contributed by atoms with Crippen LogP contribution in [0.5, 0.6) is 5.75 Å². The Morgan fingerprint density at radius 2 is 2.24 bits per heavy atom. The third-order valence-electron chi connectivity index (χ3n) is 2.51. The minimum Gasteiger partial charge on any atom is -0.479 e. The van der Waals surface area contributed by atoms with Gasteiger partial charge in [-0.2, -0.15) is 0 Å². The Hall–Kier alpha value is -2.39. The van der Waals surface area contributed by atoms with Gasteiger partial charge < -0.3 is 10.1 Å². The molecular formula is C15H15N3O2S. The minimum atomic E-state index is -0.211. The first-order chi connectivity index (χ1) is 10.1. The Kier molecular flexibility index (Phi) is 5.29. The molecule has 2 aromatic heterocycles. The molecule has 2 rings (SSSR count). The molecule has 21 heavy (non-hydrogen) atoms. The first-order valence-corrected chi connectivity index (χ1v) is 7.24. The Bertz CT molecular complexity index is 668. The number of nitrogens with zero attached hydrogens (tertiary/aromatic N) is 2. The van der Waals surface area contributed by atoms with Crippen LogP contribution < -0.4 is 10.1 Å². The number of nitrogens with one attached hydrogen (secondary N) is 1. The van der Waals surface area contributed by atoms with Crippen molar-refractivity contribution in [1.29, 1.82) is 0 Å². The zero-order chi connectivity index (χ0) is 15.1. The van der Waals surface area contributed by atoms with Crippen LogP contribution in [0.15, 0.2) is 23.7 Å². The molecule has 0 bridgehead atoms. The molecule has 2 heterocycles. The van der Waals surface area contributed by atoms with E-state index in [0.29, 0.717) is 11.4 Å². The van der Waals surface area contributed by atoms with Crippen molar-refractivity contribution in [1.82, 2.24) is 15.3 Å². The second-order valence-electron chi connectivity index (χ2n) is 4.21. The predicted octanol–water partition coefficient (Wildman–Crippen LogP) is 1.97. The van der Waals surface area contributed by atoms with Crippen molar-refractivity contribution in [3.05, 3.63) is 40.1 Å². The molecule has 0 atom stereocenters. The molecule has 0 aliphatic heterocycles. The third-order valence-corrected chi connectivity index (χ3v) is 3.28. The minimum absolute atomic E-state index is 0.211. The second-order valence-corrected chi connectivity index (χ2v) is 5.27. The molecule has 0 unspecified atom stereocenters. The number of amides is 1. The molecule has 1 amide bonds. The number of aromatic nitrogens is 2. The van der Waals surface area contributed by atoms with Gasteiger partial charge in [-0.05, 0) is 26.0 Å². The highest BCUT2D eigenvalue weighted by Gasteiger charge is 2.06. The summed E-state index contributed by atoms with van der Waals surface area (Å²) in [7, 11) is 0. The van der Waals surface area contributed by atoms with Crippen molar-refractivity contribution in [2.24, 2.45) is 0 Å². The lowest BCUT2D eigenvalue weighted by Gasteiger charge is -2.00. The number of hydrogen-bond donors (Lipinski definition) is 1. The van der Waals surface area contributed by atoms with Gasteiger partial charge >= 0.3 is 0 Å². The summed E-state index contributed by atoms with van der Waals surface area (Å²) >= 11 is 1.44. The molecule has 0 aromatic carbocycles. The average molecular weight is 301 g/mol. The van der Waals surface area contributed by atoms with E-state index in [4.69, 9.17) is 4.74 Å². The van der Waals surface area contributed by atoms with Crippen LogP contribution in [0.1, 0.15) is 21.2 Å². The summed E-state index contributed by atoms with van der Waals surface area (Å²) in [5.41, 5.74) is 1.37. The number of ether oxygens (including phenoxy) is 1. The summed E-state index contributed by atoms with van der Waals surface area (Å²) in [4.78, 5) is 19.9. The second kappa shape index (κ2) is 7.41. The standard InChI is InChI=1S/C15H15N3O2S/c1-11-5-6-13(9-17-11)20-8-4-3-7-16-15(19)14-10-21-12(2)18-14/h5-6,9-10H,7-8H2,1-2H3,(H,16,19). The fraction of sp³-hybridized carbons (Fsp3) is 0.267. The van der Waals surface area contributed by atoms with Crippen LogP contribution in [-0.2, 0) is 0 Å². The van der Waals surface area contributed by atoms with E-state index in [2.05, 4.69) is 27.1 Å². The maximum atomic E-state index is 11.7. The summed E-state index contributed by atoms with van der Waals surface area (Å²) in [6.07, 6.45) is 1.66. The van der Waals surface area contributed by atoms with Crippen LogP contribution >= 0.6 is 11.3 Å². The molecule has 0 aliphatic carbocycles. The van der Waals surface area contributed by atoms with E-state index >= 15 is 0 Å². The number of carbonyl (C=O) groups excluding carboxylic acids is 1. The van der Waals surface area contributed by atoms with Crippen LogP contribution in [0.3, 0.4) is 0 Å². The van der Waals surface area contributed by atoms with Gasteiger partial charge in [-0.3, -0.25) is 9.78 Å². The molecule has 0 saturated heterocycles. The highest BCUT2D eigenvalue weighted by atomic mass is 32.1. The van der Waals surface area contributed by atoms with Crippen molar-refractivity contribution in [2.45, 2.75) is 13.8 Å².